The molecule has 0 spiro atoms. The van der Waals surface area contributed by atoms with E-state index < -0.39 is 0 Å². The van der Waals surface area contributed by atoms with E-state index in [1.807, 2.05) is 12.1 Å². The van der Waals surface area contributed by atoms with Gasteiger partial charge in [-0.05, 0) is 12.3 Å². The first-order valence-electron chi connectivity index (χ1n) is 2.55. The summed E-state index contributed by atoms with van der Waals surface area (Å²) in [5.74, 6) is 0.634. The Balaban J connectivity index is 2.24. The fourth-order valence-electron chi connectivity index (χ4n) is 0.547. The van der Waals surface area contributed by atoms with Crippen LogP contribution in [0.2, 0.25) is 0 Å². The largest absolute Gasteiger partial charge is 0.193 e. The summed E-state index contributed by atoms with van der Waals surface area (Å²) in [4.78, 5) is 0.645. The zero-order chi connectivity index (χ0) is 5.98. The Morgan fingerprint density at radius 2 is 2.38 bits per heavy atom. The summed E-state index contributed by atoms with van der Waals surface area (Å²) in [6.07, 6.45) is 4.68. The number of rotatable bonds is 1. The second-order valence-corrected chi connectivity index (χ2v) is 3.08. The lowest BCUT2D eigenvalue weighted by Gasteiger charge is -1.73. The lowest BCUT2D eigenvalue weighted by atomic mass is 10.4. The molecule has 2 heteroatoms. The predicted octanol–water partition coefficient (Wildman–Crippen LogP) is 1.85. The van der Waals surface area contributed by atoms with Crippen molar-refractivity contribution in [3.63, 3.8) is 0 Å². The Labute approximate surface area is 57.1 Å². The summed E-state index contributed by atoms with van der Waals surface area (Å²) in [5, 5.41) is 8.08. The van der Waals surface area contributed by atoms with Crippen molar-refractivity contribution in [2.45, 2.75) is 11.2 Å². The Bertz CT molecular complexity index is 145. The summed E-state index contributed by atoms with van der Waals surface area (Å²) in [7, 11) is 0. The Morgan fingerprint density at radius 3 is 2.75 bits per heavy atom. The third-order valence-corrected chi connectivity index (χ3v) is 2.23. The molecule has 0 amide bonds. The maximum Gasteiger partial charge on any atom is 0.0908 e. The van der Waals surface area contributed by atoms with Gasteiger partial charge in [0.25, 0.3) is 0 Å². The van der Waals surface area contributed by atoms with Crippen molar-refractivity contribution in [2.75, 3.05) is 0 Å². The maximum absolute atomic E-state index is 8.08. The highest BCUT2D eigenvalue weighted by Gasteiger charge is 2.31. The first kappa shape index (κ1) is 5.84. The van der Waals surface area contributed by atoms with Crippen LogP contribution >= 0.6 is 15.9 Å². The van der Waals surface area contributed by atoms with Crippen LogP contribution in [0.1, 0.15) is 6.42 Å². The second kappa shape index (κ2) is 2.32. The first-order chi connectivity index (χ1) is 3.84. The molecule has 1 rings (SSSR count). The molecule has 0 bridgehead atoms. The summed E-state index contributed by atoms with van der Waals surface area (Å²) in [5.41, 5.74) is 0. The molecule has 8 heavy (non-hydrogen) atoms. The molecule has 0 saturated heterocycles. The molecule has 0 radical (unpaired) electrons. The average Bonchev–Trinajstić information content (AvgIpc) is 2.42. The maximum atomic E-state index is 8.08. The molecule has 0 aromatic carbocycles. The molecule has 0 aliphatic heterocycles. The van der Waals surface area contributed by atoms with Gasteiger partial charge in [-0.25, -0.2) is 0 Å². The van der Waals surface area contributed by atoms with Crippen LogP contribution in [0, 0.1) is 17.2 Å². The molecule has 1 aliphatic carbocycles. The van der Waals surface area contributed by atoms with Crippen molar-refractivity contribution < 1.29 is 0 Å². The van der Waals surface area contributed by atoms with Crippen LogP contribution in [-0.2, 0) is 0 Å². The van der Waals surface area contributed by atoms with Gasteiger partial charge in [0.05, 0.1) is 6.07 Å². The molecular formula is C6H6BrN. The minimum atomic E-state index is 0.634. The van der Waals surface area contributed by atoms with Gasteiger partial charge >= 0.3 is 0 Å². The zero-order valence-corrected chi connectivity index (χ0v) is 5.93. The van der Waals surface area contributed by atoms with Crippen molar-refractivity contribution in [1.82, 2.24) is 0 Å². The Kier molecular flexibility index (Phi) is 1.69. The monoisotopic (exact) mass is 171 g/mol. The number of nitriles is 1. The van der Waals surface area contributed by atoms with Gasteiger partial charge < -0.3 is 0 Å². The number of hydrogen-bond donors (Lipinski definition) is 0. The van der Waals surface area contributed by atoms with Gasteiger partial charge in [-0.1, -0.05) is 22.0 Å². The molecule has 42 valence electrons. The first-order valence-corrected chi connectivity index (χ1v) is 3.46. The van der Waals surface area contributed by atoms with Crippen LogP contribution in [0.5, 0.6) is 0 Å². The molecule has 1 aliphatic rings. The number of nitrogens with zero attached hydrogens (tertiary/aromatic N) is 1. The molecule has 1 fully saturated rings. The van der Waals surface area contributed by atoms with Gasteiger partial charge in [-0.15, -0.1) is 0 Å². The zero-order valence-electron chi connectivity index (χ0n) is 4.34. The number of hydrogen-bond acceptors (Lipinski definition) is 1. The third-order valence-electron chi connectivity index (χ3n) is 1.18. The molecular weight excluding hydrogens is 166 g/mol. The number of alkyl halides is 1. The van der Waals surface area contributed by atoms with E-state index in [0.717, 1.165) is 0 Å². The standard InChI is InChI=1S/C6H6BrN/c7-6-4-5(6)2-1-3-8/h1-2,5-6H,4H2. The van der Waals surface area contributed by atoms with E-state index in [1.54, 1.807) is 6.08 Å². The minimum Gasteiger partial charge on any atom is -0.193 e. The second-order valence-electron chi connectivity index (χ2n) is 1.90. The van der Waals surface area contributed by atoms with E-state index in [0.29, 0.717) is 10.7 Å². The Hall–Kier alpha value is -0.290. The Morgan fingerprint density at radius 1 is 1.75 bits per heavy atom. The molecule has 0 N–H and O–H groups in total. The molecule has 0 aromatic rings. The molecule has 0 aromatic heterocycles. The van der Waals surface area contributed by atoms with Gasteiger partial charge in [-0.3, -0.25) is 0 Å². The summed E-state index contributed by atoms with van der Waals surface area (Å²) in [6, 6.07) is 1.96. The highest BCUT2D eigenvalue weighted by molar-refractivity contribution is 9.09. The average molecular weight is 172 g/mol. The fourth-order valence-corrected chi connectivity index (χ4v) is 1.16. The third kappa shape index (κ3) is 1.34. The quantitative estimate of drug-likeness (QED) is 0.437. The number of allylic oxidation sites excluding steroid dienone is 2. The van der Waals surface area contributed by atoms with Crippen LogP contribution in [0.25, 0.3) is 0 Å². The van der Waals surface area contributed by atoms with E-state index in [4.69, 9.17) is 5.26 Å². The van der Waals surface area contributed by atoms with Gasteiger partial charge in [0, 0.05) is 10.9 Å². The van der Waals surface area contributed by atoms with Crippen molar-refractivity contribution in [3.05, 3.63) is 12.2 Å². The van der Waals surface area contributed by atoms with Crippen LogP contribution < -0.4 is 0 Å². The van der Waals surface area contributed by atoms with E-state index >= 15 is 0 Å². The summed E-state index contributed by atoms with van der Waals surface area (Å²) >= 11 is 3.42. The van der Waals surface area contributed by atoms with Crippen LogP contribution in [0.3, 0.4) is 0 Å². The van der Waals surface area contributed by atoms with Crippen LogP contribution in [-0.4, -0.2) is 4.83 Å². The van der Waals surface area contributed by atoms with Crippen LogP contribution in [0.15, 0.2) is 12.2 Å². The molecule has 2 unspecified atom stereocenters. The van der Waals surface area contributed by atoms with Crippen molar-refractivity contribution in [3.8, 4) is 6.07 Å². The van der Waals surface area contributed by atoms with Gasteiger partial charge in [0.15, 0.2) is 0 Å². The minimum absolute atomic E-state index is 0.634. The molecule has 1 saturated carbocycles. The van der Waals surface area contributed by atoms with E-state index in [2.05, 4.69) is 15.9 Å². The smallest absolute Gasteiger partial charge is 0.0908 e. The van der Waals surface area contributed by atoms with Crippen molar-refractivity contribution >= 4 is 15.9 Å². The van der Waals surface area contributed by atoms with Crippen LogP contribution in [0.4, 0.5) is 0 Å². The fraction of sp³-hybridized carbons (Fsp3) is 0.500. The van der Waals surface area contributed by atoms with Crippen molar-refractivity contribution in [2.24, 2.45) is 5.92 Å². The molecule has 2 atom stereocenters. The summed E-state index contributed by atoms with van der Waals surface area (Å²) in [6.45, 7) is 0. The predicted molar refractivity (Wildman–Crippen MR) is 35.6 cm³/mol. The lowest BCUT2D eigenvalue weighted by Crippen LogP contribution is -1.67. The molecule has 0 heterocycles. The van der Waals surface area contributed by atoms with E-state index in [1.165, 1.54) is 6.42 Å². The molecule has 1 nitrogen and oxygen atoms in total. The number of halogens is 1. The normalized spacial score (nSPS) is 35.0. The van der Waals surface area contributed by atoms with Gasteiger partial charge in [0.2, 0.25) is 0 Å². The van der Waals surface area contributed by atoms with E-state index in [-0.39, 0.29) is 0 Å². The topological polar surface area (TPSA) is 23.8 Å². The highest BCUT2D eigenvalue weighted by Crippen LogP contribution is 2.38. The van der Waals surface area contributed by atoms with Gasteiger partial charge in [0.1, 0.15) is 0 Å². The van der Waals surface area contributed by atoms with Gasteiger partial charge in [-0.2, -0.15) is 5.26 Å². The lowest BCUT2D eigenvalue weighted by molar-refractivity contribution is 1.13. The SMILES string of the molecule is N#CC=CC1CC1Br. The van der Waals surface area contributed by atoms with E-state index in [9.17, 15) is 0 Å². The summed E-state index contributed by atoms with van der Waals surface area (Å²) < 4.78 is 0. The highest BCUT2D eigenvalue weighted by atomic mass is 79.9. The van der Waals surface area contributed by atoms with Crippen molar-refractivity contribution in [1.29, 1.82) is 5.26 Å².